The second kappa shape index (κ2) is 9.04. The minimum Gasteiger partial charge on any atom is -0.355 e. The van der Waals surface area contributed by atoms with Gasteiger partial charge in [0, 0.05) is 13.1 Å². The zero-order valence-corrected chi connectivity index (χ0v) is 18.8. The summed E-state index contributed by atoms with van der Waals surface area (Å²) >= 11 is 1.46. The minimum atomic E-state index is -0.290. The normalized spacial score (nSPS) is 14.6. The van der Waals surface area contributed by atoms with Crippen molar-refractivity contribution in [2.75, 3.05) is 23.3 Å². The van der Waals surface area contributed by atoms with E-state index in [1.807, 2.05) is 31.2 Å². The van der Waals surface area contributed by atoms with Gasteiger partial charge in [0.1, 0.15) is 0 Å². The highest BCUT2D eigenvalue weighted by Crippen LogP contribution is 2.28. The summed E-state index contributed by atoms with van der Waals surface area (Å²) in [6, 6.07) is 20.3. The van der Waals surface area contributed by atoms with E-state index in [0.29, 0.717) is 16.7 Å². The van der Waals surface area contributed by atoms with Gasteiger partial charge in [0.2, 0.25) is 0 Å². The second-order valence-electron chi connectivity index (χ2n) is 8.29. The van der Waals surface area contributed by atoms with Crippen LogP contribution < -0.4 is 10.2 Å². The molecule has 1 saturated heterocycles. The van der Waals surface area contributed by atoms with Gasteiger partial charge >= 0.3 is 0 Å². The summed E-state index contributed by atoms with van der Waals surface area (Å²) in [4.78, 5) is 19.4. The number of hydrogen-bond donors (Lipinski definition) is 1. The van der Waals surface area contributed by atoms with E-state index in [-0.39, 0.29) is 5.91 Å². The van der Waals surface area contributed by atoms with Crippen LogP contribution in [0, 0.1) is 12.8 Å². The van der Waals surface area contributed by atoms with E-state index < -0.39 is 0 Å². The molecule has 1 aliphatic heterocycles. The molecule has 0 radical (unpaired) electrons. The Morgan fingerprint density at radius 3 is 2.56 bits per heavy atom. The summed E-state index contributed by atoms with van der Waals surface area (Å²) in [6.45, 7) is 3.94. The van der Waals surface area contributed by atoms with Crippen LogP contribution in [-0.2, 0) is 6.42 Å². The van der Waals surface area contributed by atoms with Crippen LogP contribution in [-0.4, -0.2) is 34.2 Å². The molecule has 2 aromatic heterocycles. The minimum absolute atomic E-state index is 0.290. The van der Waals surface area contributed by atoms with Gasteiger partial charge in [-0.15, -0.1) is 10.2 Å². The van der Waals surface area contributed by atoms with Crippen LogP contribution in [0.3, 0.4) is 0 Å². The third-order valence-electron chi connectivity index (χ3n) is 6.03. The van der Waals surface area contributed by atoms with E-state index in [9.17, 15) is 4.79 Å². The number of hydrogen-bond acceptors (Lipinski definition) is 6. The van der Waals surface area contributed by atoms with E-state index in [2.05, 4.69) is 55.7 Å². The van der Waals surface area contributed by atoms with E-state index >= 15 is 0 Å². The Hall–Kier alpha value is -3.32. The summed E-state index contributed by atoms with van der Waals surface area (Å²) in [5, 5.41) is 11.9. The van der Waals surface area contributed by atoms with Crippen molar-refractivity contribution in [2.24, 2.45) is 5.92 Å². The van der Waals surface area contributed by atoms with E-state index in [1.165, 1.54) is 16.9 Å². The Kier molecular flexibility index (Phi) is 5.81. The first-order valence-corrected chi connectivity index (χ1v) is 11.8. The molecule has 7 heteroatoms. The molecule has 0 aliphatic carbocycles. The number of carbonyl (C=O) groups excluding carboxylic acids is 1. The number of piperidine rings is 1. The molecule has 1 fully saturated rings. The molecule has 32 heavy (non-hydrogen) atoms. The lowest BCUT2D eigenvalue weighted by atomic mass is 9.90. The zero-order valence-electron chi connectivity index (χ0n) is 18.0. The first kappa shape index (κ1) is 20.6. The Bertz CT molecular complexity index is 1210. The number of aryl methyl sites for hydroxylation is 1. The standard InChI is InChI=1S/C25H25N5OS/c1-17-6-5-9-21-23(17)26-25(32-21)27-24(31)20-10-11-22(29-28-20)30-14-12-19(13-15-30)16-18-7-3-2-4-8-18/h2-11,19H,12-16H2,1H3,(H,26,27,31). The second-order valence-corrected chi connectivity index (χ2v) is 9.32. The van der Waals surface area contributed by atoms with Crippen molar-refractivity contribution in [3.63, 3.8) is 0 Å². The maximum Gasteiger partial charge on any atom is 0.277 e. The fourth-order valence-corrected chi connectivity index (χ4v) is 5.17. The largest absolute Gasteiger partial charge is 0.355 e. The third-order valence-corrected chi connectivity index (χ3v) is 6.97. The first-order chi connectivity index (χ1) is 15.7. The summed E-state index contributed by atoms with van der Waals surface area (Å²) in [5.74, 6) is 1.24. The van der Waals surface area contributed by atoms with Gasteiger partial charge < -0.3 is 4.90 Å². The maximum atomic E-state index is 12.6. The van der Waals surface area contributed by atoms with Crippen molar-refractivity contribution in [1.29, 1.82) is 0 Å². The Morgan fingerprint density at radius 1 is 1.03 bits per heavy atom. The van der Waals surface area contributed by atoms with Crippen molar-refractivity contribution < 1.29 is 4.79 Å². The molecule has 3 heterocycles. The predicted octanol–water partition coefficient (Wildman–Crippen LogP) is 5.11. The molecule has 0 bridgehead atoms. The number of para-hydroxylation sites is 1. The Labute approximate surface area is 191 Å². The molecule has 1 aliphatic rings. The number of nitrogens with one attached hydrogen (secondary N) is 1. The van der Waals surface area contributed by atoms with E-state index in [0.717, 1.165) is 53.9 Å². The maximum absolute atomic E-state index is 12.6. The SMILES string of the molecule is Cc1cccc2sc(NC(=O)c3ccc(N4CCC(Cc5ccccc5)CC4)nn3)nc12. The van der Waals surface area contributed by atoms with Crippen LogP contribution in [0.5, 0.6) is 0 Å². The number of carbonyl (C=O) groups is 1. The monoisotopic (exact) mass is 443 g/mol. The third kappa shape index (κ3) is 4.48. The highest BCUT2D eigenvalue weighted by Gasteiger charge is 2.21. The lowest BCUT2D eigenvalue weighted by molar-refractivity contribution is 0.102. The van der Waals surface area contributed by atoms with Crippen molar-refractivity contribution in [3.8, 4) is 0 Å². The molecule has 162 valence electrons. The lowest BCUT2D eigenvalue weighted by Gasteiger charge is -2.32. The summed E-state index contributed by atoms with van der Waals surface area (Å²) in [5.41, 5.74) is 3.72. The Morgan fingerprint density at radius 2 is 1.84 bits per heavy atom. The summed E-state index contributed by atoms with van der Waals surface area (Å²) < 4.78 is 1.05. The molecular formula is C25H25N5OS. The van der Waals surface area contributed by atoms with Gasteiger partial charge in [0.25, 0.3) is 5.91 Å². The number of nitrogens with zero attached hydrogens (tertiary/aromatic N) is 4. The van der Waals surface area contributed by atoms with Crippen LogP contribution in [0.15, 0.2) is 60.7 Å². The van der Waals surface area contributed by atoms with Gasteiger partial charge in [-0.3, -0.25) is 10.1 Å². The van der Waals surface area contributed by atoms with E-state index in [4.69, 9.17) is 0 Å². The molecule has 5 rings (SSSR count). The molecule has 0 unspecified atom stereocenters. The van der Waals surface area contributed by atoms with Crippen LogP contribution in [0.2, 0.25) is 0 Å². The fraction of sp³-hybridized carbons (Fsp3) is 0.280. The summed E-state index contributed by atoms with van der Waals surface area (Å²) in [6.07, 6.45) is 3.40. The van der Waals surface area contributed by atoms with E-state index in [1.54, 1.807) is 6.07 Å². The fourth-order valence-electron chi connectivity index (χ4n) is 4.23. The van der Waals surface area contributed by atoms with Crippen molar-refractivity contribution in [2.45, 2.75) is 26.2 Å². The molecule has 6 nitrogen and oxygen atoms in total. The molecule has 1 amide bonds. The molecule has 0 saturated carbocycles. The predicted molar refractivity (Wildman–Crippen MR) is 129 cm³/mol. The number of anilines is 2. The number of amides is 1. The van der Waals surface area contributed by atoms with Crippen molar-refractivity contribution >= 4 is 38.4 Å². The number of thiazole rings is 1. The molecule has 4 aromatic rings. The lowest BCUT2D eigenvalue weighted by Crippen LogP contribution is -2.35. The van der Waals surface area contributed by atoms with Gasteiger partial charge in [-0.2, -0.15) is 0 Å². The average molecular weight is 444 g/mol. The van der Waals surface area contributed by atoms with Crippen molar-refractivity contribution in [1.82, 2.24) is 15.2 Å². The van der Waals surface area contributed by atoms with Crippen LogP contribution in [0.1, 0.15) is 34.5 Å². The smallest absolute Gasteiger partial charge is 0.277 e. The zero-order chi connectivity index (χ0) is 21.9. The topological polar surface area (TPSA) is 71.0 Å². The van der Waals surface area contributed by atoms with Crippen LogP contribution in [0.4, 0.5) is 10.9 Å². The van der Waals surface area contributed by atoms with Gasteiger partial charge in [-0.05, 0) is 61.4 Å². The first-order valence-electron chi connectivity index (χ1n) is 11.0. The highest BCUT2D eigenvalue weighted by molar-refractivity contribution is 7.22. The quantitative estimate of drug-likeness (QED) is 0.464. The Balaban J connectivity index is 1.18. The van der Waals surface area contributed by atoms with Gasteiger partial charge in [-0.1, -0.05) is 53.8 Å². The molecule has 0 spiro atoms. The van der Waals surface area contributed by atoms with Gasteiger partial charge in [0.05, 0.1) is 10.2 Å². The number of fused-ring (bicyclic) bond motifs is 1. The van der Waals surface area contributed by atoms with Crippen LogP contribution >= 0.6 is 11.3 Å². The van der Waals surface area contributed by atoms with Crippen molar-refractivity contribution in [3.05, 3.63) is 77.5 Å². The molecule has 0 atom stereocenters. The molecule has 1 N–H and O–H groups in total. The van der Waals surface area contributed by atoms with Crippen LogP contribution in [0.25, 0.3) is 10.2 Å². The molecular weight excluding hydrogens is 418 g/mol. The summed E-state index contributed by atoms with van der Waals surface area (Å²) in [7, 11) is 0. The number of rotatable bonds is 5. The number of benzene rings is 2. The number of aromatic nitrogens is 3. The van der Waals surface area contributed by atoms with Gasteiger partial charge in [-0.25, -0.2) is 4.98 Å². The molecule has 2 aromatic carbocycles. The van der Waals surface area contributed by atoms with Gasteiger partial charge in [0.15, 0.2) is 16.6 Å². The average Bonchev–Trinajstić information content (AvgIpc) is 3.24. The highest BCUT2D eigenvalue weighted by atomic mass is 32.1.